The largest absolute Gasteiger partial charge is 0.399 e. The molecule has 0 saturated carbocycles. The summed E-state index contributed by atoms with van der Waals surface area (Å²) in [6.07, 6.45) is 6.85. The molecular formula is C22H23Cl2N3O2S. The van der Waals surface area contributed by atoms with Crippen LogP contribution < -0.4 is 5.73 Å². The maximum Gasteiger partial charge on any atom is 0.187 e. The molecule has 5 nitrogen and oxygen atoms in total. The van der Waals surface area contributed by atoms with Crippen molar-refractivity contribution >= 4 is 40.7 Å². The zero-order chi connectivity index (χ0) is 21.0. The third kappa shape index (κ3) is 5.50. The molecule has 8 heteroatoms. The Kier molecular flexibility index (Phi) is 6.91. The Labute approximate surface area is 190 Å². The normalized spacial score (nSPS) is 21.2. The number of aromatic nitrogens is 2. The fourth-order valence-electron chi connectivity index (χ4n) is 3.45. The fourth-order valence-corrected chi connectivity index (χ4v) is 4.83. The molecule has 1 aliphatic heterocycles. The van der Waals surface area contributed by atoms with Crippen LogP contribution in [0.5, 0.6) is 0 Å². The van der Waals surface area contributed by atoms with E-state index in [0.29, 0.717) is 29.6 Å². The number of hydrogen-bond donors (Lipinski definition) is 1. The molecule has 1 fully saturated rings. The fraction of sp³-hybridized carbons (Fsp3) is 0.318. The molecule has 0 spiro atoms. The van der Waals surface area contributed by atoms with Gasteiger partial charge in [0.2, 0.25) is 0 Å². The number of nitrogens with two attached hydrogens (primary N) is 1. The summed E-state index contributed by atoms with van der Waals surface area (Å²) in [5.74, 6) is 0.0767. The number of rotatable bonds is 8. The number of nitrogen functional groups attached to an aromatic ring is 1. The number of hydrogen-bond acceptors (Lipinski definition) is 5. The molecule has 0 unspecified atom stereocenters. The highest BCUT2D eigenvalue weighted by Crippen LogP contribution is 2.34. The minimum Gasteiger partial charge on any atom is -0.399 e. The van der Waals surface area contributed by atoms with Crippen LogP contribution in [-0.4, -0.2) is 33.8 Å². The summed E-state index contributed by atoms with van der Waals surface area (Å²) in [5, 5.41) is 1.29. The second-order valence-electron chi connectivity index (χ2n) is 7.31. The van der Waals surface area contributed by atoms with Gasteiger partial charge in [0, 0.05) is 45.2 Å². The first-order valence-electron chi connectivity index (χ1n) is 9.71. The number of thioether (sulfide) groups is 1. The van der Waals surface area contributed by atoms with Crippen LogP contribution in [0.25, 0.3) is 0 Å². The van der Waals surface area contributed by atoms with Gasteiger partial charge in [-0.2, -0.15) is 0 Å². The van der Waals surface area contributed by atoms with Crippen molar-refractivity contribution in [1.29, 1.82) is 0 Å². The second kappa shape index (κ2) is 9.62. The summed E-state index contributed by atoms with van der Waals surface area (Å²) in [6, 6.07) is 13.4. The molecule has 2 atom stereocenters. The summed E-state index contributed by atoms with van der Waals surface area (Å²) in [4.78, 5) is 5.30. The number of benzene rings is 2. The van der Waals surface area contributed by atoms with E-state index >= 15 is 0 Å². The first-order valence-corrected chi connectivity index (χ1v) is 11.5. The Morgan fingerprint density at radius 3 is 2.77 bits per heavy atom. The minimum absolute atomic E-state index is 0.00300. The average Bonchev–Trinajstić information content (AvgIpc) is 3.38. The molecule has 0 aliphatic carbocycles. The lowest BCUT2D eigenvalue weighted by molar-refractivity contribution is -0.180. The van der Waals surface area contributed by atoms with Crippen LogP contribution in [0.4, 0.5) is 5.69 Å². The number of aryl methyl sites for hydroxylation is 1. The van der Waals surface area contributed by atoms with Crippen LogP contribution in [-0.2, 0) is 22.4 Å². The van der Waals surface area contributed by atoms with Gasteiger partial charge in [-0.3, -0.25) is 0 Å². The summed E-state index contributed by atoms with van der Waals surface area (Å²) in [7, 11) is 0. The number of halogens is 2. The van der Waals surface area contributed by atoms with Gasteiger partial charge in [0.05, 0.1) is 25.6 Å². The van der Waals surface area contributed by atoms with Crippen LogP contribution in [0.3, 0.4) is 0 Å². The van der Waals surface area contributed by atoms with E-state index in [9.17, 15) is 0 Å². The predicted molar refractivity (Wildman–Crippen MR) is 122 cm³/mol. The smallest absolute Gasteiger partial charge is 0.187 e. The van der Waals surface area contributed by atoms with E-state index in [4.69, 9.17) is 38.4 Å². The zero-order valence-corrected chi connectivity index (χ0v) is 18.7. The van der Waals surface area contributed by atoms with E-state index in [1.807, 2.05) is 47.2 Å². The highest BCUT2D eigenvalue weighted by atomic mass is 35.5. The lowest BCUT2D eigenvalue weighted by Gasteiger charge is -2.29. The lowest BCUT2D eigenvalue weighted by Crippen LogP contribution is -2.37. The standard InChI is InChI=1S/C22H23Cl2N3O2S/c23-17-2-1-16(21(24)11-17)7-8-22(14-27-10-9-26-15-27)28-12-19(29-22)13-30-20-5-3-18(25)4-6-20/h1-6,9-11,15,19H,7-8,12-14,25H2/t19-,22+/m0/s1. The van der Waals surface area contributed by atoms with Crippen molar-refractivity contribution in [3.63, 3.8) is 0 Å². The number of anilines is 1. The van der Waals surface area contributed by atoms with E-state index in [1.54, 1.807) is 30.4 Å². The molecule has 30 heavy (non-hydrogen) atoms. The van der Waals surface area contributed by atoms with Gasteiger partial charge in [-0.25, -0.2) is 4.98 Å². The quantitative estimate of drug-likeness (QED) is 0.362. The number of imidazole rings is 1. The molecule has 1 aliphatic rings. The molecule has 2 N–H and O–H groups in total. The lowest BCUT2D eigenvalue weighted by atomic mass is 10.0. The average molecular weight is 464 g/mol. The van der Waals surface area contributed by atoms with Crippen molar-refractivity contribution in [3.05, 3.63) is 76.8 Å². The molecule has 3 aromatic rings. The Morgan fingerprint density at radius 2 is 2.03 bits per heavy atom. The Hall–Kier alpha value is -1.70. The highest BCUT2D eigenvalue weighted by molar-refractivity contribution is 7.99. The van der Waals surface area contributed by atoms with Crippen molar-refractivity contribution in [2.45, 2.75) is 36.2 Å². The van der Waals surface area contributed by atoms with Gasteiger partial charge in [-0.1, -0.05) is 29.3 Å². The third-order valence-electron chi connectivity index (χ3n) is 5.00. The number of nitrogens with zero attached hydrogens (tertiary/aromatic N) is 2. The van der Waals surface area contributed by atoms with Gasteiger partial charge in [-0.15, -0.1) is 11.8 Å². The first kappa shape index (κ1) is 21.5. The van der Waals surface area contributed by atoms with E-state index < -0.39 is 5.79 Å². The summed E-state index contributed by atoms with van der Waals surface area (Å²) in [5.41, 5.74) is 7.56. The van der Waals surface area contributed by atoms with Crippen LogP contribution in [0.1, 0.15) is 12.0 Å². The van der Waals surface area contributed by atoms with Crippen LogP contribution in [0.15, 0.2) is 66.1 Å². The Balaban J connectivity index is 1.42. The summed E-state index contributed by atoms with van der Waals surface area (Å²) >= 11 is 14.1. The summed E-state index contributed by atoms with van der Waals surface area (Å²) in [6.45, 7) is 1.12. The van der Waals surface area contributed by atoms with Gasteiger partial charge >= 0.3 is 0 Å². The van der Waals surface area contributed by atoms with Crippen molar-refractivity contribution in [3.8, 4) is 0 Å². The molecule has 0 bridgehead atoms. The van der Waals surface area contributed by atoms with Crippen molar-refractivity contribution < 1.29 is 9.47 Å². The van der Waals surface area contributed by atoms with E-state index in [1.165, 1.54) is 0 Å². The molecule has 1 saturated heterocycles. The van der Waals surface area contributed by atoms with Gasteiger partial charge in [0.15, 0.2) is 5.79 Å². The van der Waals surface area contributed by atoms with Gasteiger partial charge in [0.1, 0.15) is 0 Å². The van der Waals surface area contributed by atoms with Gasteiger partial charge in [0.25, 0.3) is 0 Å². The molecular weight excluding hydrogens is 441 g/mol. The Morgan fingerprint density at radius 1 is 1.20 bits per heavy atom. The SMILES string of the molecule is Nc1ccc(SC[C@@H]2CO[C@@](CCc3ccc(Cl)cc3Cl)(Cn3ccnc3)O2)cc1. The van der Waals surface area contributed by atoms with Crippen molar-refractivity contribution in [2.75, 3.05) is 18.1 Å². The van der Waals surface area contributed by atoms with E-state index in [-0.39, 0.29) is 6.10 Å². The molecule has 0 radical (unpaired) electrons. The molecule has 4 rings (SSSR count). The summed E-state index contributed by atoms with van der Waals surface area (Å²) < 4.78 is 14.7. The number of ether oxygens (including phenoxy) is 2. The molecule has 2 heterocycles. The van der Waals surface area contributed by atoms with Gasteiger partial charge < -0.3 is 19.8 Å². The molecule has 158 valence electrons. The highest BCUT2D eigenvalue weighted by Gasteiger charge is 2.41. The van der Waals surface area contributed by atoms with Crippen LogP contribution in [0.2, 0.25) is 10.0 Å². The monoisotopic (exact) mass is 463 g/mol. The predicted octanol–water partition coefficient (Wildman–Crippen LogP) is 5.31. The van der Waals surface area contributed by atoms with E-state index in [2.05, 4.69) is 4.98 Å². The van der Waals surface area contributed by atoms with Crippen molar-refractivity contribution in [1.82, 2.24) is 9.55 Å². The molecule has 1 aromatic heterocycles. The Bertz CT molecular complexity index is 969. The zero-order valence-electron chi connectivity index (χ0n) is 16.3. The van der Waals surface area contributed by atoms with Gasteiger partial charge in [-0.05, 0) is 48.4 Å². The maximum absolute atomic E-state index is 6.47. The third-order valence-corrected chi connectivity index (χ3v) is 6.73. The molecule has 0 amide bonds. The van der Waals surface area contributed by atoms with Crippen LogP contribution in [0, 0.1) is 0 Å². The van der Waals surface area contributed by atoms with E-state index in [0.717, 1.165) is 28.3 Å². The maximum atomic E-state index is 6.47. The van der Waals surface area contributed by atoms with Crippen molar-refractivity contribution in [2.24, 2.45) is 0 Å². The van der Waals surface area contributed by atoms with Crippen LogP contribution >= 0.6 is 35.0 Å². The first-order chi connectivity index (χ1) is 14.5. The minimum atomic E-state index is -0.726. The second-order valence-corrected chi connectivity index (χ2v) is 9.25. The molecule has 2 aromatic carbocycles. The topological polar surface area (TPSA) is 62.3 Å².